The predicted octanol–water partition coefficient (Wildman–Crippen LogP) is 1.23. The van der Waals surface area contributed by atoms with Gasteiger partial charge in [0.15, 0.2) is 0 Å². The predicted molar refractivity (Wildman–Crippen MR) is 66.0 cm³/mol. The Hall–Kier alpha value is -0.880. The van der Waals surface area contributed by atoms with Crippen LogP contribution < -0.4 is 0 Å². The van der Waals surface area contributed by atoms with Crippen molar-refractivity contribution in [3.8, 4) is 0 Å². The van der Waals surface area contributed by atoms with E-state index in [0.29, 0.717) is 12.2 Å². The molecule has 0 atom stereocenters. The lowest BCUT2D eigenvalue weighted by atomic mass is 10.4. The van der Waals surface area contributed by atoms with Crippen LogP contribution in [0.4, 0.5) is 0 Å². The van der Waals surface area contributed by atoms with E-state index in [-0.39, 0.29) is 5.91 Å². The lowest BCUT2D eigenvalue weighted by Gasteiger charge is -2.09. The highest BCUT2D eigenvalue weighted by Gasteiger charge is 2.05. The molecule has 0 aliphatic rings. The minimum absolute atomic E-state index is 0.121. The molecule has 0 N–H and O–H groups in total. The Morgan fingerprint density at radius 3 is 2.87 bits per heavy atom. The molecule has 4 nitrogen and oxygen atoms in total. The van der Waals surface area contributed by atoms with Gasteiger partial charge in [0, 0.05) is 38.7 Å². The fourth-order valence-corrected chi connectivity index (χ4v) is 1.96. The average molecular weight is 243 g/mol. The van der Waals surface area contributed by atoms with E-state index in [1.54, 1.807) is 42.3 Å². The summed E-state index contributed by atoms with van der Waals surface area (Å²) in [6.45, 7) is 0. The number of hydrogen-bond acceptors (Lipinski definition) is 4. The van der Waals surface area contributed by atoms with Crippen molar-refractivity contribution in [3.63, 3.8) is 0 Å². The summed E-state index contributed by atoms with van der Waals surface area (Å²) in [5.74, 6) is 0.824. The van der Waals surface area contributed by atoms with Crippen LogP contribution in [0.1, 0.15) is 6.42 Å². The quantitative estimate of drug-likeness (QED) is 0.748. The first kappa shape index (κ1) is 12.2. The molecular weight excluding hydrogens is 230 g/mol. The smallest absolute Gasteiger partial charge is 0.222 e. The molecule has 0 saturated heterocycles. The van der Waals surface area contributed by atoms with Gasteiger partial charge in [-0.25, -0.2) is 4.98 Å². The van der Waals surface area contributed by atoms with Crippen LogP contribution in [0.3, 0.4) is 0 Å². The van der Waals surface area contributed by atoms with Gasteiger partial charge in [0.25, 0.3) is 0 Å². The Bertz CT molecular complexity index is 335. The third kappa shape index (κ3) is 4.01. The van der Waals surface area contributed by atoms with Crippen molar-refractivity contribution in [3.05, 3.63) is 18.7 Å². The Morgan fingerprint density at radius 2 is 2.33 bits per heavy atom. The maximum Gasteiger partial charge on any atom is 0.222 e. The molecule has 1 heterocycles. The van der Waals surface area contributed by atoms with Gasteiger partial charge < -0.3 is 4.90 Å². The third-order valence-electron chi connectivity index (χ3n) is 1.76. The molecule has 0 aliphatic carbocycles. The van der Waals surface area contributed by atoms with Gasteiger partial charge in [0.1, 0.15) is 10.6 Å². The van der Waals surface area contributed by atoms with E-state index in [0.717, 1.165) is 4.32 Å². The summed E-state index contributed by atoms with van der Waals surface area (Å²) < 4.78 is 2.49. The normalized spacial score (nSPS) is 10.0. The average Bonchev–Trinajstić information content (AvgIpc) is 2.70. The van der Waals surface area contributed by atoms with Crippen molar-refractivity contribution >= 4 is 34.2 Å². The van der Waals surface area contributed by atoms with Crippen molar-refractivity contribution in [1.29, 1.82) is 0 Å². The first-order valence-electron chi connectivity index (χ1n) is 4.46. The van der Waals surface area contributed by atoms with Crippen LogP contribution in [0.25, 0.3) is 0 Å². The van der Waals surface area contributed by atoms with Gasteiger partial charge in [-0.05, 0) is 0 Å². The molecule has 1 aromatic heterocycles. The number of amides is 1. The van der Waals surface area contributed by atoms with Crippen LogP contribution in [-0.4, -0.2) is 44.5 Å². The van der Waals surface area contributed by atoms with Crippen LogP contribution >= 0.6 is 24.0 Å². The van der Waals surface area contributed by atoms with Gasteiger partial charge in [-0.3, -0.25) is 9.36 Å². The number of imidazole rings is 1. The van der Waals surface area contributed by atoms with E-state index in [2.05, 4.69) is 4.98 Å². The zero-order valence-corrected chi connectivity index (χ0v) is 10.3. The zero-order chi connectivity index (χ0) is 11.3. The second-order valence-electron chi connectivity index (χ2n) is 3.12. The monoisotopic (exact) mass is 243 g/mol. The molecule has 15 heavy (non-hydrogen) atoms. The molecule has 0 radical (unpaired) electrons. The van der Waals surface area contributed by atoms with Gasteiger partial charge in [0.2, 0.25) is 5.91 Å². The van der Waals surface area contributed by atoms with Gasteiger partial charge in [-0.15, -0.1) is 0 Å². The summed E-state index contributed by atoms with van der Waals surface area (Å²) in [6, 6.07) is 0. The lowest BCUT2D eigenvalue weighted by Crippen LogP contribution is -2.22. The van der Waals surface area contributed by atoms with E-state index in [1.807, 2.05) is 0 Å². The first-order chi connectivity index (χ1) is 7.11. The van der Waals surface area contributed by atoms with Gasteiger partial charge in [0.05, 0.1) is 0 Å². The van der Waals surface area contributed by atoms with E-state index in [9.17, 15) is 4.79 Å². The molecule has 1 aromatic rings. The number of nitrogens with zero attached hydrogens (tertiary/aromatic N) is 3. The van der Waals surface area contributed by atoms with Crippen LogP contribution in [0.2, 0.25) is 0 Å². The summed E-state index contributed by atoms with van der Waals surface area (Å²) in [6.07, 6.45) is 5.64. The molecule has 1 amide bonds. The number of thiocarbonyl (C=S) groups is 1. The van der Waals surface area contributed by atoms with E-state index in [1.165, 1.54) is 11.8 Å². The van der Waals surface area contributed by atoms with Gasteiger partial charge >= 0.3 is 0 Å². The topological polar surface area (TPSA) is 38.1 Å². The van der Waals surface area contributed by atoms with Crippen LogP contribution in [0.15, 0.2) is 18.7 Å². The number of aromatic nitrogens is 2. The largest absolute Gasteiger partial charge is 0.349 e. The van der Waals surface area contributed by atoms with Gasteiger partial charge in [-0.2, -0.15) is 0 Å². The Kier molecular flexibility index (Phi) is 4.77. The van der Waals surface area contributed by atoms with E-state index < -0.39 is 0 Å². The number of carbonyl (C=O) groups excluding carboxylic acids is 1. The highest BCUT2D eigenvalue weighted by Crippen LogP contribution is 2.09. The van der Waals surface area contributed by atoms with E-state index >= 15 is 0 Å². The molecule has 0 aromatic carbocycles. The minimum Gasteiger partial charge on any atom is -0.349 e. The van der Waals surface area contributed by atoms with Gasteiger partial charge in [-0.1, -0.05) is 24.0 Å². The van der Waals surface area contributed by atoms with Crippen molar-refractivity contribution in [1.82, 2.24) is 14.5 Å². The second-order valence-corrected chi connectivity index (χ2v) is 4.85. The van der Waals surface area contributed by atoms with E-state index in [4.69, 9.17) is 12.2 Å². The number of thioether (sulfide) groups is 1. The lowest BCUT2D eigenvalue weighted by molar-refractivity contribution is -0.128. The fourth-order valence-electron chi connectivity index (χ4n) is 0.891. The van der Waals surface area contributed by atoms with Crippen molar-refractivity contribution < 1.29 is 4.79 Å². The maximum atomic E-state index is 11.3. The molecule has 82 valence electrons. The van der Waals surface area contributed by atoms with Crippen molar-refractivity contribution in [2.24, 2.45) is 0 Å². The fraction of sp³-hybridized carbons (Fsp3) is 0.444. The Labute approximate surface area is 98.7 Å². The Morgan fingerprint density at radius 1 is 1.60 bits per heavy atom. The summed E-state index contributed by atoms with van der Waals surface area (Å²) in [5.41, 5.74) is 0. The number of carbonyl (C=O) groups is 1. The summed E-state index contributed by atoms with van der Waals surface area (Å²) in [4.78, 5) is 16.7. The molecule has 0 spiro atoms. The molecule has 0 unspecified atom stereocenters. The molecular formula is C9H13N3OS2. The minimum atomic E-state index is 0.121. The highest BCUT2D eigenvalue weighted by atomic mass is 32.2. The molecule has 0 saturated carbocycles. The van der Waals surface area contributed by atoms with Crippen LogP contribution in [0, 0.1) is 0 Å². The molecule has 0 fully saturated rings. The standard InChI is InChI=1S/C9H13N3OS2/c1-11(2)8(13)3-6-15-9(14)12-5-4-10-7-12/h4-5,7H,3,6H2,1-2H3. The summed E-state index contributed by atoms with van der Waals surface area (Å²) >= 11 is 6.64. The molecule has 0 aliphatic heterocycles. The van der Waals surface area contributed by atoms with Crippen molar-refractivity contribution in [2.75, 3.05) is 19.8 Å². The maximum absolute atomic E-state index is 11.3. The number of rotatable bonds is 3. The first-order valence-corrected chi connectivity index (χ1v) is 5.86. The van der Waals surface area contributed by atoms with Crippen LogP contribution in [0.5, 0.6) is 0 Å². The summed E-state index contributed by atoms with van der Waals surface area (Å²) in [5, 5.41) is 0. The number of hydrogen-bond donors (Lipinski definition) is 0. The third-order valence-corrected chi connectivity index (χ3v) is 3.19. The second kappa shape index (κ2) is 5.87. The van der Waals surface area contributed by atoms with Crippen LogP contribution in [-0.2, 0) is 4.79 Å². The highest BCUT2D eigenvalue weighted by molar-refractivity contribution is 8.23. The molecule has 1 rings (SSSR count). The molecule has 0 bridgehead atoms. The van der Waals surface area contributed by atoms with Crippen molar-refractivity contribution in [2.45, 2.75) is 6.42 Å². The SMILES string of the molecule is CN(C)C(=O)CCSC(=S)n1ccnc1. The molecule has 6 heteroatoms. The zero-order valence-electron chi connectivity index (χ0n) is 8.71. The summed E-state index contributed by atoms with van der Waals surface area (Å²) in [7, 11) is 3.50. The Balaban J connectivity index is 2.27.